The van der Waals surface area contributed by atoms with Crippen LogP contribution in [0.15, 0.2) is 22.7 Å². The van der Waals surface area contributed by atoms with E-state index in [2.05, 4.69) is 9.38 Å². The molecule has 1 aliphatic rings. The lowest BCUT2D eigenvalue weighted by Gasteiger charge is -2.19. The summed E-state index contributed by atoms with van der Waals surface area (Å²) in [5.41, 5.74) is 7.03. The number of nitrogens with two attached hydrogens (primary N) is 1. The van der Waals surface area contributed by atoms with Crippen molar-refractivity contribution in [3.63, 3.8) is 0 Å². The summed E-state index contributed by atoms with van der Waals surface area (Å²) >= 11 is -1.31. The zero-order valence-electron chi connectivity index (χ0n) is 13.3. The van der Waals surface area contributed by atoms with Gasteiger partial charge in [0.05, 0.1) is 0 Å². The summed E-state index contributed by atoms with van der Waals surface area (Å²) in [5.74, 6) is 0.215. The van der Waals surface area contributed by atoms with Crippen LogP contribution in [0.3, 0.4) is 0 Å². The molecule has 5 nitrogen and oxygen atoms in total. The molecule has 0 aliphatic heterocycles. The first-order chi connectivity index (χ1) is 10.3. The van der Waals surface area contributed by atoms with E-state index >= 15 is 0 Å². The van der Waals surface area contributed by atoms with Gasteiger partial charge in [0.1, 0.15) is 27.5 Å². The minimum absolute atomic E-state index is 0.224. The highest BCUT2D eigenvalue weighted by Gasteiger charge is 2.28. The van der Waals surface area contributed by atoms with Crippen molar-refractivity contribution in [1.29, 1.82) is 0 Å². The first kappa shape index (κ1) is 17.0. The van der Waals surface area contributed by atoms with Gasteiger partial charge in [0.2, 0.25) is 0 Å². The molecule has 1 aliphatic carbocycles. The van der Waals surface area contributed by atoms with Crippen LogP contribution >= 0.6 is 0 Å². The van der Waals surface area contributed by atoms with Gasteiger partial charge in [-0.15, -0.1) is 0 Å². The van der Waals surface area contributed by atoms with Crippen LogP contribution in [0.25, 0.3) is 0 Å². The van der Waals surface area contributed by atoms with E-state index < -0.39 is 22.0 Å². The van der Waals surface area contributed by atoms with Crippen molar-refractivity contribution in [3.05, 3.63) is 29.6 Å². The summed E-state index contributed by atoms with van der Waals surface area (Å²) in [5, 5.41) is 0. The van der Waals surface area contributed by atoms with Gasteiger partial charge in [-0.1, -0.05) is 17.2 Å². The number of hydrogen-bond acceptors (Lipinski definition) is 4. The van der Waals surface area contributed by atoms with E-state index in [1.807, 2.05) is 20.8 Å². The molecular weight excluding hydrogens is 298 g/mol. The number of amides is 1. The lowest BCUT2D eigenvalue weighted by molar-refractivity contribution is 0.0995. The van der Waals surface area contributed by atoms with E-state index in [-0.39, 0.29) is 5.69 Å². The number of hydrogen-bond donors (Lipinski definition) is 1. The molecule has 120 valence electrons. The highest BCUT2D eigenvalue weighted by atomic mass is 32.2. The number of primary amides is 1. The van der Waals surface area contributed by atoms with Crippen molar-refractivity contribution in [1.82, 2.24) is 4.98 Å². The standard InChI is InChI=1S/C16H23N3O2S/c1-16(2,3)22(21)19-13(8-6-11-4-5-11)12-7-9-14(15(17)20)18-10-12/h7,9-11H,4-6,8H2,1-3H3,(H2,17,20)/b19-13-. The second-order valence-corrected chi connectivity index (χ2v) is 8.58. The average Bonchev–Trinajstić information content (AvgIpc) is 3.26. The Morgan fingerprint density at radius 2 is 2.14 bits per heavy atom. The van der Waals surface area contributed by atoms with Gasteiger partial charge in [0, 0.05) is 11.8 Å². The molecule has 2 rings (SSSR count). The van der Waals surface area contributed by atoms with E-state index in [1.165, 1.54) is 12.8 Å². The van der Waals surface area contributed by atoms with E-state index in [0.717, 1.165) is 30.0 Å². The molecule has 1 atom stereocenters. The van der Waals surface area contributed by atoms with Gasteiger partial charge >= 0.3 is 0 Å². The monoisotopic (exact) mass is 321 g/mol. The third-order valence-electron chi connectivity index (χ3n) is 3.55. The summed E-state index contributed by atoms with van der Waals surface area (Å²) in [6.45, 7) is 5.71. The van der Waals surface area contributed by atoms with Crippen LogP contribution in [0.2, 0.25) is 0 Å². The zero-order chi connectivity index (χ0) is 16.3. The molecule has 1 aromatic rings. The molecule has 1 saturated carbocycles. The molecule has 0 saturated heterocycles. The maximum Gasteiger partial charge on any atom is 0.267 e. The van der Waals surface area contributed by atoms with Gasteiger partial charge < -0.3 is 10.3 Å². The molecule has 1 aromatic heterocycles. The summed E-state index contributed by atoms with van der Waals surface area (Å²) in [4.78, 5) is 15.2. The van der Waals surface area contributed by atoms with Crippen molar-refractivity contribution >= 4 is 23.0 Å². The van der Waals surface area contributed by atoms with Gasteiger partial charge in [0.15, 0.2) is 0 Å². The van der Waals surface area contributed by atoms with Crippen molar-refractivity contribution in [2.75, 3.05) is 0 Å². The van der Waals surface area contributed by atoms with Crippen LogP contribution in [-0.4, -0.2) is 25.9 Å². The normalized spacial score (nSPS) is 17.4. The Morgan fingerprint density at radius 3 is 2.59 bits per heavy atom. The Bertz CT molecular complexity index is 560. The van der Waals surface area contributed by atoms with Crippen molar-refractivity contribution in [2.45, 2.75) is 51.2 Å². The fourth-order valence-corrected chi connectivity index (χ4v) is 2.61. The molecule has 1 heterocycles. The average molecular weight is 321 g/mol. The minimum atomic E-state index is -1.31. The number of nitrogens with zero attached hydrogens (tertiary/aromatic N) is 2. The number of rotatable bonds is 6. The summed E-state index contributed by atoms with van der Waals surface area (Å²) in [7, 11) is 0. The second-order valence-electron chi connectivity index (χ2n) is 6.68. The van der Waals surface area contributed by atoms with Gasteiger partial charge in [-0.3, -0.25) is 9.78 Å². The first-order valence-electron chi connectivity index (χ1n) is 7.53. The Hall–Kier alpha value is -1.40. The molecule has 22 heavy (non-hydrogen) atoms. The van der Waals surface area contributed by atoms with Crippen molar-refractivity contribution < 1.29 is 9.35 Å². The van der Waals surface area contributed by atoms with Crippen LogP contribution in [0, 0.1) is 5.92 Å². The molecule has 0 bridgehead atoms. The van der Waals surface area contributed by atoms with Gasteiger partial charge in [-0.25, -0.2) is 0 Å². The topological polar surface area (TPSA) is 91.4 Å². The number of pyridine rings is 1. The number of carbonyl (C=O) groups excluding carboxylic acids is 1. The molecule has 2 N–H and O–H groups in total. The maximum absolute atomic E-state index is 12.3. The van der Waals surface area contributed by atoms with E-state index in [9.17, 15) is 9.35 Å². The Labute approximate surface area is 134 Å². The van der Waals surface area contributed by atoms with Crippen LogP contribution in [0.5, 0.6) is 0 Å². The van der Waals surface area contributed by atoms with Gasteiger partial charge in [-0.05, 0) is 51.7 Å². The molecular formula is C16H23N3O2S. The predicted octanol–water partition coefficient (Wildman–Crippen LogP) is 2.62. The Morgan fingerprint density at radius 1 is 1.45 bits per heavy atom. The quantitative estimate of drug-likeness (QED) is 0.645. The van der Waals surface area contributed by atoms with Crippen molar-refractivity contribution in [2.24, 2.45) is 16.0 Å². The third kappa shape index (κ3) is 4.81. The second kappa shape index (κ2) is 6.79. The lowest BCUT2D eigenvalue weighted by atomic mass is 10.1. The number of aromatic nitrogens is 1. The van der Waals surface area contributed by atoms with Crippen LogP contribution in [-0.2, 0) is 11.4 Å². The Kier molecular flexibility index (Phi) is 5.24. The fraction of sp³-hybridized carbons (Fsp3) is 0.562. The summed E-state index contributed by atoms with van der Waals surface area (Å²) in [6, 6.07) is 3.36. The van der Waals surface area contributed by atoms with Crippen LogP contribution in [0.1, 0.15) is 62.5 Å². The van der Waals surface area contributed by atoms with Gasteiger partial charge in [0.25, 0.3) is 5.91 Å². The van der Waals surface area contributed by atoms with Crippen LogP contribution in [0.4, 0.5) is 0 Å². The summed E-state index contributed by atoms with van der Waals surface area (Å²) < 4.78 is 16.3. The highest BCUT2D eigenvalue weighted by molar-refractivity contribution is 7.91. The van der Waals surface area contributed by atoms with Gasteiger partial charge in [-0.2, -0.15) is 0 Å². The van der Waals surface area contributed by atoms with E-state index in [4.69, 9.17) is 5.73 Å². The van der Waals surface area contributed by atoms with E-state index in [0.29, 0.717) is 0 Å². The fourth-order valence-electron chi connectivity index (χ4n) is 1.94. The lowest BCUT2D eigenvalue weighted by Crippen LogP contribution is -2.27. The smallest absolute Gasteiger partial charge is 0.267 e. The van der Waals surface area contributed by atoms with Crippen LogP contribution < -0.4 is 5.73 Å². The molecule has 1 unspecified atom stereocenters. The number of carbonyl (C=O) groups is 1. The highest BCUT2D eigenvalue weighted by Crippen LogP contribution is 2.34. The third-order valence-corrected chi connectivity index (χ3v) is 4.99. The largest absolute Gasteiger partial charge is 0.591 e. The molecule has 0 aromatic carbocycles. The summed E-state index contributed by atoms with van der Waals surface area (Å²) in [6.07, 6.45) is 5.97. The first-order valence-corrected chi connectivity index (χ1v) is 8.64. The predicted molar refractivity (Wildman–Crippen MR) is 89.1 cm³/mol. The molecule has 6 heteroatoms. The van der Waals surface area contributed by atoms with Crippen molar-refractivity contribution in [3.8, 4) is 0 Å². The molecule has 1 fully saturated rings. The Balaban J connectivity index is 2.22. The molecule has 0 radical (unpaired) electrons. The minimum Gasteiger partial charge on any atom is -0.591 e. The SMILES string of the molecule is CC(C)(C)[S+]([O-])/N=C(/CCC1CC1)c1ccc(C(N)=O)nc1. The maximum atomic E-state index is 12.3. The zero-order valence-corrected chi connectivity index (χ0v) is 14.2. The van der Waals surface area contributed by atoms with E-state index in [1.54, 1.807) is 18.3 Å². The molecule has 0 spiro atoms. The molecule has 1 amide bonds.